The van der Waals surface area contributed by atoms with E-state index in [1.165, 1.54) is 0 Å². The predicted molar refractivity (Wildman–Crippen MR) is 164 cm³/mol. The maximum Gasteiger partial charge on any atom is 0.306 e. The van der Waals surface area contributed by atoms with Crippen molar-refractivity contribution in [3.05, 3.63) is 11.6 Å². The lowest BCUT2D eigenvalue weighted by molar-refractivity contribution is -0.314. The SMILES string of the molecule is CC[C@H]1CCCC[C@@H](C)C(=O)C2=C[C@@H]3[C@@H]([C@H](O)[C@@H](C)[C@@H]4C[C@@H](O[C@@H]5OC(C)[C@H](OC)C(OC)C5OC)C[C@@]34C)[C@@H]2CC(=O)O1. The van der Waals surface area contributed by atoms with Crippen LogP contribution in [0, 0.1) is 40.9 Å². The average Bonchev–Trinajstić information content (AvgIpc) is 3.54. The number of hydrogen-bond acceptors (Lipinski definition) is 9. The zero-order chi connectivity index (χ0) is 31.9. The number of Topliss-reactive ketones (excluding diaryl/α,β-unsaturated/α-hetero) is 1. The highest BCUT2D eigenvalue weighted by Crippen LogP contribution is 2.64. The molecule has 0 amide bonds. The Morgan fingerprint density at radius 2 is 1.68 bits per heavy atom. The summed E-state index contributed by atoms with van der Waals surface area (Å²) < 4.78 is 36.3. The van der Waals surface area contributed by atoms with Crippen LogP contribution in [0.2, 0.25) is 0 Å². The normalized spacial score (nSPS) is 48.3. The highest BCUT2D eigenvalue weighted by molar-refractivity contribution is 5.98. The van der Waals surface area contributed by atoms with Crippen molar-refractivity contribution >= 4 is 11.8 Å². The second-order valence-corrected chi connectivity index (χ2v) is 14.6. The first-order chi connectivity index (χ1) is 21.0. The van der Waals surface area contributed by atoms with Gasteiger partial charge in [0, 0.05) is 33.2 Å². The van der Waals surface area contributed by atoms with E-state index in [0.717, 1.165) is 50.5 Å². The summed E-state index contributed by atoms with van der Waals surface area (Å²) in [5, 5.41) is 11.9. The van der Waals surface area contributed by atoms with Crippen LogP contribution in [-0.2, 0) is 38.0 Å². The fraction of sp³-hybridized carbons (Fsp3) is 0.886. The molecular weight excluding hydrogens is 564 g/mol. The molecule has 2 aliphatic heterocycles. The quantitative estimate of drug-likeness (QED) is 0.416. The molecule has 250 valence electrons. The summed E-state index contributed by atoms with van der Waals surface area (Å²) in [5.41, 5.74) is 0.507. The second kappa shape index (κ2) is 13.8. The third-order valence-electron chi connectivity index (χ3n) is 12.2. The number of aliphatic hydroxyl groups is 1. The summed E-state index contributed by atoms with van der Waals surface area (Å²) in [7, 11) is 4.93. The van der Waals surface area contributed by atoms with Crippen LogP contribution < -0.4 is 0 Å². The van der Waals surface area contributed by atoms with E-state index < -0.39 is 18.5 Å². The number of fused-ring (bicyclic) bond motifs is 5. The molecule has 5 aliphatic rings. The van der Waals surface area contributed by atoms with Crippen molar-refractivity contribution in [3.8, 4) is 0 Å². The zero-order valence-electron chi connectivity index (χ0n) is 28.0. The third-order valence-corrected chi connectivity index (χ3v) is 12.2. The van der Waals surface area contributed by atoms with Crippen LogP contribution in [0.5, 0.6) is 0 Å². The van der Waals surface area contributed by atoms with E-state index in [0.29, 0.717) is 0 Å². The van der Waals surface area contributed by atoms with Crippen LogP contribution in [0.4, 0.5) is 0 Å². The van der Waals surface area contributed by atoms with Gasteiger partial charge in [-0.25, -0.2) is 0 Å². The molecule has 0 radical (unpaired) electrons. The summed E-state index contributed by atoms with van der Waals surface area (Å²) in [6.45, 7) is 10.4. The minimum Gasteiger partial charge on any atom is -0.462 e. The summed E-state index contributed by atoms with van der Waals surface area (Å²) in [5.74, 6) is -0.696. The standard InChI is InChI=1S/C35H56O9/c1-9-21-13-11-10-12-18(2)29(37)24-15-26-28(23(24)16-27(36)43-21)30(38)19(3)25-14-22(17-35(25,26)5)44-34-33(41-8)32(40-7)31(39-6)20(4)42-34/h15,18-23,25-26,28,30-34,38H,9-14,16-17H2,1-8H3/t18-,19+,20?,21+,22-,23-,25+,26-,28+,30-,31+,32?,33?,34+,35-/m1/s1. The molecule has 4 fully saturated rings. The molecule has 0 spiro atoms. The number of esters is 1. The number of hydrogen-bond donors (Lipinski definition) is 1. The Morgan fingerprint density at radius 1 is 1.00 bits per heavy atom. The molecule has 0 bridgehead atoms. The summed E-state index contributed by atoms with van der Waals surface area (Å²) in [4.78, 5) is 27.3. The van der Waals surface area contributed by atoms with Crippen molar-refractivity contribution in [1.29, 1.82) is 0 Å². The van der Waals surface area contributed by atoms with Gasteiger partial charge in [-0.1, -0.05) is 40.2 Å². The Bertz CT molecular complexity index is 1060. The molecular formula is C35H56O9. The van der Waals surface area contributed by atoms with Gasteiger partial charge in [-0.2, -0.15) is 0 Å². The van der Waals surface area contributed by atoms with Gasteiger partial charge in [-0.15, -0.1) is 0 Å². The summed E-state index contributed by atoms with van der Waals surface area (Å²) in [6.07, 6.45) is 5.29. The van der Waals surface area contributed by atoms with E-state index in [4.69, 9.17) is 28.4 Å². The Hall–Kier alpha value is -1.36. The molecule has 9 heteroatoms. The van der Waals surface area contributed by atoms with Crippen LogP contribution in [0.15, 0.2) is 11.6 Å². The van der Waals surface area contributed by atoms with Gasteiger partial charge in [-0.3, -0.25) is 9.59 Å². The van der Waals surface area contributed by atoms with Crippen molar-refractivity contribution in [3.63, 3.8) is 0 Å². The van der Waals surface area contributed by atoms with E-state index in [1.807, 2.05) is 13.8 Å². The van der Waals surface area contributed by atoms with Crippen LogP contribution >= 0.6 is 0 Å². The number of allylic oxidation sites excluding steroid dienone is 2. The Balaban J connectivity index is 1.42. The van der Waals surface area contributed by atoms with Crippen molar-refractivity contribution in [2.75, 3.05) is 21.3 Å². The number of ether oxygens (including phenoxy) is 6. The maximum atomic E-state index is 14.0. The zero-order valence-corrected chi connectivity index (χ0v) is 28.0. The molecule has 2 heterocycles. The molecule has 0 aromatic carbocycles. The summed E-state index contributed by atoms with van der Waals surface area (Å²) in [6, 6.07) is 0. The molecule has 1 N–H and O–H groups in total. The van der Waals surface area contributed by atoms with Gasteiger partial charge >= 0.3 is 5.97 Å². The van der Waals surface area contributed by atoms with E-state index in [2.05, 4.69) is 26.8 Å². The highest BCUT2D eigenvalue weighted by atomic mass is 16.7. The number of ketones is 1. The number of carbonyl (C=O) groups is 2. The fourth-order valence-corrected chi connectivity index (χ4v) is 9.76. The lowest BCUT2D eigenvalue weighted by Crippen LogP contribution is -2.59. The number of aliphatic hydroxyl groups excluding tert-OH is 1. The van der Waals surface area contributed by atoms with Crippen LogP contribution in [0.1, 0.15) is 86.0 Å². The number of cyclic esters (lactones) is 1. The highest BCUT2D eigenvalue weighted by Gasteiger charge is 2.63. The molecule has 3 aliphatic carbocycles. The largest absolute Gasteiger partial charge is 0.462 e. The molecule has 0 aromatic heterocycles. The van der Waals surface area contributed by atoms with Gasteiger partial charge in [0.2, 0.25) is 0 Å². The number of methoxy groups -OCH3 is 3. The van der Waals surface area contributed by atoms with E-state index in [9.17, 15) is 14.7 Å². The lowest BCUT2D eigenvalue weighted by atomic mass is 9.54. The van der Waals surface area contributed by atoms with E-state index >= 15 is 0 Å². The third kappa shape index (κ3) is 6.06. The minimum atomic E-state index is -0.639. The van der Waals surface area contributed by atoms with Gasteiger partial charge in [0.15, 0.2) is 12.1 Å². The van der Waals surface area contributed by atoms with Gasteiger partial charge in [0.25, 0.3) is 0 Å². The van der Waals surface area contributed by atoms with Crippen LogP contribution in [0.3, 0.4) is 0 Å². The Labute approximate surface area is 263 Å². The first-order valence-electron chi connectivity index (χ1n) is 17.0. The monoisotopic (exact) mass is 620 g/mol. The molecule has 15 atom stereocenters. The fourth-order valence-electron chi connectivity index (χ4n) is 9.76. The van der Waals surface area contributed by atoms with Crippen molar-refractivity contribution in [2.45, 2.75) is 135 Å². The molecule has 9 nitrogen and oxygen atoms in total. The number of rotatable bonds is 6. The molecule has 0 aromatic rings. The molecule has 5 rings (SSSR count). The smallest absolute Gasteiger partial charge is 0.306 e. The van der Waals surface area contributed by atoms with Crippen LogP contribution in [-0.4, -0.2) is 87.2 Å². The first kappa shape index (κ1) is 34.0. The Kier molecular flexibility index (Phi) is 10.6. The van der Waals surface area contributed by atoms with Crippen LogP contribution in [0.25, 0.3) is 0 Å². The van der Waals surface area contributed by atoms with Crippen molar-refractivity contribution in [2.24, 2.45) is 40.9 Å². The van der Waals surface area contributed by atoms with Gasteiger partial charge in [0.1, 0.15) is 24.4 Å². The minimum absolute atomic E-state index is 0.0232. The van der Waals surface area contributed by atoms with Gasteiger partial charge in [0.05, 0.1) is 24.7 Å². The Morgan fingerprint density at radius 3 is 2.34 bits per heavy atom. The molecule has 44 heavy (non-hydrogen) atoms. The average molecular weight is 621 g/mol. The molecule has 2 saturated heterocycles. The van der Waals surface area contributed by atoms with Gasteiger partial charge in [-0.05, 0) is 80.1 Å². The molecule has 3 unspecified atom stereocenters. The first-order valence-corrected chi connectivity index (χ1v) is 17.0. The predicted octanol–water partition coefficient (Wildman–Crippen LogP) is 4.87. The number of carbonyl (C=O) groups excluding carboxylic acids is 2. The van der Waals surface area contributed by atoms with E-state index in [1.54, 1.807) is 21.3 Å². The second-order valence-electron chi connectivity index (χ2n) is 14.6. The maximum absolute atomic E-state index is 14.0. The van der Waals surface area contributed by atoms with Crippen molar-refractivity contribution in [1.82, 2.24) is 0 Å². The summed E-state index contributed by atoms with van der Waals surface area (Å²) >= 11 is 0. The lowest BCUT2D eigenvalue weighted by Gasteiger charge is -2.52. The van der Waals surface area contributed by atoms with Crippen molar-refractivity contribution < 1.29 is 43.1 Å². The topological polar surface area (TPSA) is 110 Å². The molecule has 2 saturated carbocycles. The van der Waals surface area contributed by atoms with Gasteiger partial charge < -0.3 is 33.5 Å². The van der Waals surface area contributed by atoms with E-state index in [-0.39, 0.29) is 89.6 Å².